The van der Waals surface area contributed by atoms with Crippen molar-refractivity contribution in [2.24, 2.45) is 11.3 Å². The molecule has 2 rings (SSSR count). The Bertz CT molecular complexity index is 325. The Morgan fingerprint density at radius 1 is 1.29 bits per heavy atom. The molecule has 0 aromatic rings. The van der Waals surface area contributed by atoms with E-state index in [1.54, 1.807) is 7.11 Å². The van der Waals surface area contributed by atoms with Gasteiger partial charge in [-0.25, -0.2) is 0 Å². The van der Waals surface area contributed by atoms with E-state index in [0.29, 0.717) is 12.3 Å². The second kappa shape index (κ2) is 4.59. The summed E-state index contributed by atoms with van der Waals surface area (Å²) in [6.07, 6.45) is 6.23. The Hall–Kier alpha value is -0.590. The zero-order valence-corrected chi connectivity index (χ0v) is 10.9. The second-order valence-corrected chi connectivity index (χ2v) is 6.03. The Labute approximate surface area is 104 Å². The molecule has 0 aromatic heterocycles. The van der Waals surface area contributed by atoms with Gasteiger partial charge in [-0.3, -0.25) is 0 Å². The summed E-state index contributed by atoms with van der Waals surface area (Å²) in [6, 6.07) is 2.46. The highest BCUT2D eigenvalue weighted by molar-refractivity contribution is 5.15. The summed E-state index contributed by atoms with van der Waals surface area (Å²) >= 11 is 0. The summed E-state index contributed by atoms with van der Waals surface area (Å²) < 4.78 is 5.39. The van der Waals surface area contributed by atoms with E-state index in [4.69, 9.17) is 4.74 Å². The van der Waals surface area contributed by atoms with E-state index in [0.717, 1.165) is 38.5 Å². The average molecular weight is 237 g/mol. The normalized spacial score (nSPS) is 46.7. The number of aliphatic hydroxyl groups is 1. The molecule has 0 bridgehead atoms. The van der Waals surface area contributed by atoms with Gasteiger partial charge in [-0.05, 0) is 44.4 Å². The fraction of sp³-hybridized carbons (Fsp3) is 0.929. The van der Waals surface area contributed by atoms with E-state index in [-0.39, 0.29) is 6.10 Å². The van der Waals surface area contributed by atoms with Crippen LogP contribution in [-0.4, -0.2) is 23.9 Å². The molecule has 0 saturated heterocycles. The van der Waals surface area contributed by atoms with Gasteiger partial charge in [0, 0.05) is 13.5 Å². The van der Waals surface area contributed by atoms with E-state index in [9.17, 15) is 10.4 Å². The van der Waals surface area contributed by atoms with Crippen molar-refractivity contribution in [3.05, 3.63) is 0 Å². The van der Waals surface area contributed by atoms with Crippen LogP contribution < -0.4 is 0 Å². The van der Waals surface area contributed by atoms with E-state index < -0.39 is 11.0 Å². The predicted molar refractivity (Wildman–Crippen MR) is 65.3 cm³/mol. The Morgan fingerprint density at radius 2 is 2.06 bits per heavy atom. The van der Waals surface area contributed by atoms with Crippen molar-refractivity contribution in [3.8, 4) is 6.07 Å². The molecule has 3 heteroatoms. The highest BCUT2D eigenvalue weighted by Crippen LogP contribution is 2.53. The summed E-state index contributed by atoms with van der Waals surface area (Å²) in [7, 11) is 1.70. The maximum Gasteiger partial charge on any atom is 0.0863 e. The molecule has 17 heavy (non-hydrogen) atoms. The topological polar surface area (TPSA) is 53.2 Å². The minimum atomic E-state index is -0.828. The van der Waals surface area contributed by atoms with Crippen LogP contribution in [0.2, 0.25) is 0 Å². The maximum absolute atomic E-state index is 10.9. The standard InChI is InChI=1S/C14H23NO2/c1-11-5-7-13(8-11,10-15)14(16)6-3-4-12(9-14)17-2/h11-12,16H,3-9H2,1-2H3. The van der Waals surface area contributed by atoms with Crippen LogP contribution in [0, 0.1) is 22.7 Å². The summed E-state index contributed by atoms with van der Waals surface area (Å²) in [5.41, 5.74) is -1.35. The highest BCUT2D eigenvalue weighted by Gasteiger charge is 2.55. The molecule has 1 N–H and O–H groups in total. The van der Waals surface area contributed by atoms with Crippen LogP contribution in [0.15, 0.2) is 0 Å². The van der Waals surface area contributed by atoms with Crippen molar-refractivity contribution < 1.29 is 9.84 Å². The summed E-state index contributed by atoms with van der Waals surface area (Å²) in [5, 5.41) is 20.5. The van der Waals surface area contributed by atoms with Gasteiger partial charge in [0.25, 0.3) is 0 Å². The fourth-order valence-electron chi connectivity index (χ4n) is 3.76. The zero-order valence-electron chi connectivity index (χ0n) is 10.9. The number of nitrogens with zero attached hydrogens (tertiary/aromatic N) is 1. The molecule has 2 saturated carbocycles. The first-order valence-electron chi connectivity index (χ1n) is 6.72. The zero-order chi connectivity index (χ0) is 12.5. The van der Waals surface area contributed by atoms with Crippen LogP contribution in [0.4, 0.5) is 0 Å². The Morgan fingerprint density at radius 3 is 2.59 bits per heavy atom. The lowest BCUT2D eigenvalue weighted by atomic mass is 9.64. The number of ether oxygens (including phenoxy) is 1. The van der Waals surface area contributed by atoms with Gasteiger partial charge in [-0.1, -0.05) is 6.92 Å². The van der Waals surface area contributed by atoms with Gasteiger partial charge in [0.2, 0.25) is 0 Å². The van der Waals surface area contributed by atoms with E-state index in [1.807, 2.05) is 0 Å². The molecule has 0 amide bonds. The van der Waals surface area contributed by atoms with Gasteiger partial charge >= 0.3 is 0 Å². The lowest BCUT2D eigenvalue weighted by molar-refractivity contribution is -0.118. The molecular formula is C14H23NO2. The lowest BCUT2D eigenvalue weighted by Crippen LogP contribution is -2.50. The monoisotopic (exact) mass is 237 g/mol. The second-order valence-electron chi connectivity index (χ2n) is 6.03. The number of methoxy groups -OCH3 is 1. The molecule has 0 aromatic carbocycles. The number of rotatable bonds is 2. The molecule has 2 fully saturated rings. The summed E-state index contributed by atoms with van der Waals surface area (Å²) in [4.78, 5) is 0. The number of hydrogen-bond donors (Lipinski definition) is 1. The molecule has 0 radical (unpaired) electrons. The first kappa shape index (κ1) is 12.9. The van der Waals surface area contributed by atoms with E-state index >= 15 is 0 Å². The van der Waals surface area contributed by atoms with E-state index in [1.165, 1.54) is 0 Å². The molecule has 0 heterocycles. The predicted octanol–water partition coefficient (Wildman–Crippen LogP) is 2.64. The van der Waals surface area contributed by atoms with Crippen LogP contribution in [0.3, 0.4) is 0 Å². The molecule has 0 aliphatic heterocycles. The molecule has 4 unspecified atom stereocenters. The molecule has 2 aliphatic carbocycles. The molecule has 96 valence electrons. The highest BCUT2D eigenvalue weighted by atomic mass is 16.5. The SMILES string of the molecule is COC1CCCC(O)(C2(C#N)CCC(C)C2)C1. The largest absolute Gasteiger partial charge is 0.388 e. The third kappa shape index (κ3) is 2.09. The van der Waals surface area contributed by atoms with E-state index in [2.05, 4.69) is 13.0 Å². The maximum atomic E-state index is 10.9. The van der Waals surface area contributed by atoms with Gasteiger partial charge in [-0.2, -0.15) is 5.26 Å². The van der Waals surface area contributed by atoms with Crippen molar-refractivity contribution in [2.75, 3.05) is 7.11 Å². The van der Waals surface area contributed by atoms with Gasteiger partial charge < -0.3 is 9.84 Å². The van der Waals surface area contributed by atoms with Gasteiger partial charge in [-0.15, -0.1) is 0 Å². The minimum Gasteiger partial charge on any atom is -0.388 e. The van der Waals surface area contributed by atoms with Crippen LogP contribution >= 0.6 is 0 Å². The summed E-state index contributed by atoms with van der Waals surface area (Å²) in [6.45, 7) is 2.18. The van der Waals surface area contributed by atoms with Crippen LogP contribution in [-0.2, 0) is 4.74 Å². The third-order valence-corrected chi connectivity index (χ3v) is 4.88. The van der Waals surface area contributed by atoms with Crippen molar-refractivity contribution in [1.29, 1.82) is 5.26 Å². The Kier molecular flexibility index (Phi) is 3.47. The minimum absolute atomic E-state index is 0.120. The quantitative estimate of drug-likeness (QED) is 0.803. The number of hydrogen-bond acceptors (Lipinski definition) is 3. The molecule has 2 aliphatic rings. The molecular weight excluding hydrogens is 214 g/mol. The van der Waals surface area contributed by atoms with Crippen molar-refractivity contribution in [1.82, 2.24) is 0 Å². The van der Waals surface area contributed by atoms with Gasteiger partial charge in [0.1, 0.15) is 0 Å². The molecule has 4 atom stereocenters. The third-order valence-electron chi connectivity index (χ3n) is 4.88. The smallest absolute Gasteiger partial charge is 0.0863 e. The molecule has 0 spiro atoms. The van der Waals surface area contributed by atoms with Crippen LogP contribution in [0.25, 0.3) is 0 Å². The van der Waals surface area contributed by atoms with Gasteiger partial charge in [0.15, 0.2) is 0 Å². The van der Waals surface area contributed by atoms with Gasteiger partial charge in [0.05, 0.1) is 23.2 Å². The Balaban J connectivity index is 2.21. The number of nitriles is 1. The first-order valence-corrected chi connectivity index (χ1v) is 6.72. The lowest BCUT2D eigenvalue weighted by Gasteiger charge is -2.45. The van der Waals surface area contributed by atoms with Crippen LogP contribution in [0.5, 0.6) is 0 Å². The fourth-order valence-corrected chi connectivity index (χ4v) is 3.76. The first-order chi connectivity index (χ1) is 8.05. The van der Waals surface area contributed by atoms with Crippen molar-refractivity contribution in [2.45, 2.75) is 63.6 Å². The van der Waals surface area contributed by atoms with Crippen LogP contribution in [0.1, 0.15) is 51.9 Å². The summed E-state index contributed by atoms with van der Waals surface area (Å²) in [5.74, 6) is 0.557. The van der Waals surface area contributed by atoms with Crippen molar-refractivity contribution >= 4 is 0 Å². The van der Waals surface area contributed by atoms with Crippen molar-refractivity contribution in [3.63, 3.8) is 0 Å². The average Bonchev–Trinajstić information content (AvgIpc) is 2.73. The molecule has 3 nitrogen and oxygen atoms in total.